The summed E-state index contributed by atoms with van der Waals surface area (Å²) in [6.45, 7) is 5.25. The maximum atomic E-state index is 9.46. The molecule has 1 rings (SSSR count). The number of aliphatic hydroxyl groups excluding tert-OH is 3. The molecule has 0 spiro atoms. The summed E-state index contributed by atoms with van der Waals surface area (Å²) in [5.41, 5.74) is 0. The predicted molar refractivity (Wildman–Crippen MR) is 49.2 cm³/mol. The fraction of sp³-hybridized carbons (Fsp3) is 0.778. The van der Waals surface area contributed by atoms with Gasteiger partial charge in [-0.2, -0.15) is 0 Å². The molecule has 1 aliphatic heterocycles. The molecule has 3 atom stereocenters. The molecule has 0 amide bonds. The maximum Gasteiger partial charge on any atom is 0.0929 e. The Morgan fingerprint density at radius 3 is 2.62 bits per heavy atom. The topological polar surface area (TPSA) is 63.9 Å². The first-order valence-electron chi connectivity index (χ1n) is 4.49. The molecule has 0 radical (unpaired) electrons. The van der Waals surface area contributed by atoms with Crippen molar-refractivity contribution in [2.45, 2.75) is 12.2 Å². The SMILES string of the molecule is C=CCN1CC(O)C(O)C(CO)C1. The molecule has 0 saturated carbocycles. The Labute approximate surface area is 78.1 Å². The minimum Gasteiger partial charge on any atom is -0.396 e. The number of likely N-dealkylation sites (tertiary alicyclic amines) is 1. The number of hydrogen-bond acceptors (Lipinski definition) is 4. The van der Waals surface area contributed by atoms with E-state index in [-0.39, 0.29) is 12.5 Å². The summed E-state index contributed by atoms with van der Waals surface area (Å²) in [5.74, 6) is -0.247. The fourth-order valence-corrected chi connectivity index (χ4v) is 1.70. The van der Waals surface area contributed by atoms with Gasteiger partial charge in [-0.05, 0) is 0 Å². The summed E-state index contributed by atoms with van der Waals surface area (Å²) in [7, 11) is 0. The first kappa shape index (κ1) is 10.7. The van der Waals surface area contributed by atoms with Crippen molar-refractivity contribution >= 4 is 0 Å². The summed E-state index contributed by atoms with van der Waals surface area (Å²) in [6, 6.07) is 0. The van der Waals surface area contributed by atoms with Crippen molar-refractivity contribution in [1.29, 1.82) is 0 Å². The Hall–Kier alpha value is -0.420. The molecule has 4 heteroatoms. The summed E-state index contributed by atoms with van der Waals surface area (Å²) in [5, 5.41) is 27.8. The van der Waals surface area contributed by atoms with Gasteiger partial charge in [0.05, 0.1) is 12.2 Å². The minimum atomic E-state index is -0.800. The Bertz CT molecular complexity index is 174. The molecule has 76 valence electrons. The van der Waals surface area contributed by atoms with Crippen molar-refractivity contribution in [3.8, 4) is 0 Å². The van der Waals surface area contributed by atoms with Gasteiger partial charge in [0.15, 0.2) is 0 Å². The van der Waals surface area contributed by atoms with Gasteiger partial charge in [0.1, 0.15) is 0 Å². The number of β-amino-alcohol motifs (C(OH)–C–C–N with tert-alkyl or cyclic N) is 1. The highest BCUT2D eigenvalue weighted by atomic mass is 16.3. The molecule has 13 heavy (non-hydrogen) atoms. The van der Waals surface area contributed by atoms with Crippen LogP contribution in [0, 0.1) is 5.92 Å². The van der Waals surface area contributed by atoms with Crippen molar-refractivity contribution in [3.63, 3.8) is 0 Å². The maximum absolute atomic E-state index is 9.46. The summed E-state index contributed by atoms with van der Waals surface area (Å²) in [6.07, 6.45) is 0.190. The highest BCUT2D eigenvalue weighted by molar-refractivity contribution is 4.88. The number of nitrogens with zero attached hydrogens (tertiary/aromatic N) is 1. The van der Waals surface area contributed by atoms with Gasteiger partial charge >= 0.3 is 0 Å². The van der Waals surface area contributed by atoms with Gasteiger partial charge in [0.25, 0.3) is 0 Å². The normalized spacial score (nSPS) is 36.1. The predicted octanol–water partition coefficient (Wildman–Crippen LogP) is -1.18. The number of hydrogen-bond donors (Lipinski definition) is 3. The fourth-order valence-electron chi connectivity index (χ4n) is 1.70. The Morgan fingerprint density at radius 1 is 1.38 bits per heavy atom. The highest BCUT2D eigenvalue weighted by Crippen LogP contribution is 2.16. The standard InChI is InChI=1S/C9H17NO3/c1-2-3-10-4-7(6-11)9(13)8(12)5-10/h2,7-9,11-13H,1,3-6H2. The summed E-state index contributed by atoms with van der Waals surface area (Å²) < 4.78 is 0. The Balaban J connectivity index is 2.52. The molecule has 3 unspecified atom stereocenters. The van der Waals surface area contributed by atoms with E-state index in [2.05, 4.69) is 6.58 Å². The molecule has 1 aliphatic rings. The lowest BCUT2D eigenvalue weighted by Gasteiger charge is -2.38. The van der Waals surface area contributed by atoms with Crippen LogP contribution in [0.1, 0.15) is 0 Å². The second-order valence-corrected chi connectivity index (χ2v) is 3.51. The molecule has 0 aromatic rings. The molecule has 3 N–H and O–H groups in total. The van der Waals surface area contributed by atoms with E-state index in [9.17, 15) is 10.2 Å². The number of aliphatic hydroxyl groups is 3. The molecule has 0 aromatic heterocycles. The summed E-state index contributed by atoms with van der Waals surface area (Å²) in [4.78, 5) is 1.96. The van der Waals surface area contributed by atoms with Crippen LogP contribution in [0.5, 0.6) is 0 Å². The van der Waals surface area contributed by atoms with Crippen molar-refractivity contribution < 1.29 is 15.3 Å². The zero-order chi connectivity index (χ0) is 9.84. The first-order valence-corrected chi connectivity index (χ1v) is 4.49. The third kappa shape index (κ3) is 2.51. The quantitative estimate of drug-likeness (QED) is 0.487. The average molecular weight is 187 g/mol. The van der Waals surface area contributed by atoms with Crippen LogP contribution in [-0.2, 0) is 0 Å². The Morgan fingerprint density at radius 2 is 2.08 bits per heavy atom. The van der Waals surface area contributed by atoms with Crippen molar-refractivity contribution in [1.82, 2.24) is 4.90 Å². The molecular formula is C9H17NO3. The van der Waals surface area contributed by atoms with E-state index in [1.54, 1.807) is 6.08 Å². The third-order valence-corrected chi connectivity index (χ3v) is 2.44. The van der Waals surface area contributed by atoms with E-state index >= 15 is 0 Å². The second-order valence-electron chi connectivity index (χ2n) is 3.51. The van der Waals surface area contributed by atoms with Crippen molar-refractivity contribution in [3.05, 3.63) is 12.7 Å². The molecular weight excluding hydrogens is 170 g/mol. The van der Waals surface area contributed by atoms with E-state index in [0.717, 1.165) is 0 Å². The van der Waals surface area contributed by atoms with Crippen LogP contribution in [0.3, 0.4) is 0 Å². The molecule has 0 aromatic carbocycles. The van der Waals surface area contributed by atoms with Gasteiger partial charge in [-0.3, -0.25) is 4.90 Å². The molecule has 0 aliphatic carbocycles. The Kier molecular flexibility index (Phi) is 3.87. The van der Waals surface area contributed by atoms with Gasteiger partial charge in [0, 0.05) is 32.2 Å². The average Bonchev–Trinajstić information content (AvgIpc) is 2.11. The molecule has 1 saturated heterocycles. The van der Waals surface area contributed by atoms with Crippen molar-refractivity contribution in [2.24, 2.45) is 5.92 Å². The lowest BCUT2D eigenvalue weighted by molar-refractivity contribution is -0.0836. The number of piperidine rings is 1. The third-order valence-electron chi connectivity index (χ3n) is 2.44. The van der Waals surface area contributed by atoms with Gasteiger partial charge < -0.3 is 15.3 Å². The van der Waals surface area contributed by atoms with Gasteiger partial charge in [-0.15, -0.1) is 6.58 Å². The van der Waals surface area contributed by atoms with Gasteiger partial charge in [-0.25, -0.2) is 0 Å². The first-order chi connectivity index (χ1) is 6.19. The lowest BCUT2D eigenvalue weighted by Crippen LogP contribution is -2.53. The summed E-state index contributed by atoms with van der Waals surface area (Å²) >= 11 is 0. The van der Waals surface area contributed by atoms with E-state index < -0.39 is 12.2 Å². The van der Waals surface area contributed by atoms with E-state index in [4.69, 9.17) is 5.11 Å². The molecule has 1 fully saturated rings. The van der Waals surface area contributed by atoms with Gasteiger partial charge in [0.2, 0.25) is 0 Å². The van der Waals surface area contributed by atoms with Crippen LogP contribution in [0.15, 0.2) is 12.7 Å². The smallest absolute Gasteiger partial charge is 0.0929 e. The van der Waals surface area contributed by atoms with Crippen LogP contribution in [0.2, 0.25) is 0 Å². The van der Waals surface area contributed by atoms with Gasteiger partial charge in [-0.1, -0.05) is 6.08 Å². The number of rotatable bonds is 3. The largest absolute Gasteiger partial charge is 0.396 e. The molecule has 4 nitrogen and oxygen atoms in total. The lowest BCUT2D eigenvalue weighted by atomic mass is 9.93. The van der Waals surface area contributed by atoms with Crippen LogP contribution in [-0.4, -0.2) is 58.7 Å². The monoisotopic (exact) mass is 187 g/mol. The highest BCUT2D eigenvalue weighted by Gasteiger charge is 2.33. The second kappa shape index (κ2) is 4.72. The zero-order valence-corrected chi connectivity index (χ0v) is 7.63. The van der Waals surface area contributed by atoms with E-state index in [0.29, 0.717) is 19.6 Å². The van der Waals surface area contributed by atoms with E-state index in [1.807, 2.05) is 4.90 Å². The van der Waals surface area contributed by atoms with Crippen LogP contribution in [0.4, 0.5) is 0 Å². The molecule has 1 heterocycles. The van der Waals surface area contributed by atoms with E-state index in [1.165, 1.54) is 0 Å². The van der Waals surface area contributed by atoms with Crippen LogP contribution >= 0.6 is 0 Å². The van der Waals surface area contributed by atoms with Crippen molar-refractivity contribution in [2.75, 3.05) is 26.2 Å². The molecule has 0 bridgehead atoms. The van der Waals surface area contributed by atoms with Crippen LogP contribution < -0.4 is 0 Å². The zero-order valence-electron chi connectivity index (χ0n) is 7.63. The van der Waals surface area contributed by atoms with Crippen LogP contribution in [0.25, 0.3) is 0 Å². The minimum absolute atomic E-state index is 0.0914.